The first-order chi connectivity index (χ1) is 11.1. The summed E-state index contributed by atoms with van der Waals surface area (Å²) in [4.78, 5) is 30.4. The number of hydrogen-bond acceptors (Lipinski definition) is 4. The van der Waals surface area contributed by atoms with E-state index >= 15 is 0 Å². The standard InChI is InChI=1S/C17H17ClN2O3/c1-3-14(17(22)23-2)20(13-7-5-4-6-8-13)16(21)12-9-10-19-15(18)11-12/h4-11,14H,3H2,1-2H3/t14-/m0/s1. The lowest BCUT2D eigenvalue weighted by Crippen LogP contribution is -2.45. The van der Waals surface area contributed by atoms with Gasteiger partial charge >= 0.3 is 5.97 Å². The molecule has 0 saturated carbocycles. The molecule has 0 bridgehead atoms. The quantitative estimate of drug-likeness (QED) is 0.622. The molecule has 6 heteroatoms. The molecule has 0 aliphatic rings. The van der Waals surface area contributed by atoms with Gasteiger partial charge in [-0.05, 0) is 30.7 Å². The van der Waals surface area contributed by atoms with E-state index in [0.717, 1.165) is 0 Å². The molecule has 0 N–H and O–H groups in total. The Hall–Kier alpha value is -2.40. The number of pyridine rings is 1. The van der Waals surface area contributed by atoms with Crippen molar-refractivity contribution in [3.05, 3.63) is 59.4 Å². The molecule has 1 aromatic heterocycles. The lowest BCUT2D eigenvalue weighted by atomic mass is 10.1. The average Bonchev–Trinajstić information content (AvgIpc) is 2.59. The molecule has 0 radical (unpaired) electrons. The number of para-hydroxylation sites is 1. The number of carbonyl (C=O) groups excluding carboxylic acids is 2. The predicted octanol–water partition coefficient (Wildman–Crippen LogP) is 3.33. The van der Waals surface area contributed by atoms with Crippen LogP contribution >= 0.6 is 11.6 Å². The van der Waals surface area contributed by atoms with Crippen LogP contribution in [0.25, 0.3) is 0 Å². The van der Waals surface area contributed by atoms with Gasteiger partial charge in [0.1, 0.15) is 11.2 Å². The highest BCUT2D eigenvalue weighted by Gasteiger charge is 2.31. The molecule has 0 aliphatic carbocycles. The third kappa shape index (κ3) is 3.87. The van der Waals surface area contributed by atoms with Crippen LogP contribution in [-0.4, -0.2) is 30.0 Å². The number of methoxy groups -OCH3 is 1. The second-order valence-corrected chi connectivity index (χ2v) is 5.21. The summed E-state index contributed by atoms with van der Waals surface area (Å²) in [6.07, 6.45) is 1.88. The lowest BCUT2D eigenvalue weighted by molar-refractivity contribution is -0.142. The van der Waals surface area contributed by atoms with E-state index in [-0.39, 0.29) is 11.1 Å². The van der Waals surface area contributed by atoms with Gasteiger partial charge < -0.3 is 4.74 Å². The van der Waals surface area contributed by atoms with Crippen LogP contribution in [0.15, 0.2) is 48.7 Å². The molecule has 1 aromatic carbocycles. The van der Waals surface area contributed by atoms with Gasteiger partial charge in [-0.15, -0.1) is 0 Å². The molecule has 23 heavy (non-hydrogen) atoms. The Morgan fingerprint density at radius 2 is 1.96 bits per heavy atom. The zero-order valence-electron chi connectivity index (χ0n) is 12.9. The molecule has 0 spiro atoms. The van der Waals surface area contributed by atoms with Gasteiger partial charge in [-0.3, -0.25) is 9.69 Å². The second-order valence-electron chi connectivity index (χ2n) is 4.83. The van der Waals surface area contributed by atoms with Crippen LogP contribution in [0.3, 0.4) is 0 Å². The third-order valence-electron chi connectivity index (χ3n) is 3.40. The first-order valence-electron chi connectivity index (χ1n) is 7.16. The van der Waals surface area contributed by atoms with Gasteiger partial charge in [0, 0.05) is 17.4 Å². The van der Waals surface area contributed by atoms with E-state index in [9.17, 15) is 9.59 Å². The van der Waals surface area contributed by atoms with Gasteiger partial charge in [-0.1, -0.05) is 36.7 Å². The van der Waals surface area contributed by atoms with E-state index < -0.39 is 12.0 Å². The van der Waals surface area contributed by atoms with Crippen molar-refractivity contribution in [3.63, 3.8) is 0 Å². The largest absolute Gasteiger partial charge is 0.467 e. The number of halogens is 1. The van der Waals surface area contributed by atoms with E-state index in [1.165, 1.54) is 24.3 Å². The minimum absolute atomic E-state index is 0.218. The molecule has 120 valence electrons. The third-order valence-corrected chi connectivity index (χ3v) is 3.61. The number of benzene rings is 1. The van der Waals surface area contributed by atoms with Crippen LogP contribution in [0.4, 0.5) is 5.69 Å². The van der Waals surface area contributed by atoms with Crippen LogP contribution in [-0.2, 0) is 9.53 Å². The summed E-state index contributed by atoms with van der Waals surface area (Å²) in [5, 5.41) is 0.218. The van der Waals surface area contributed by atoms with E-state index in [0.29, 0.717) is 17.7 Å². The Morgan fingerprint density at radius 1 is 1.26 bits per heavy atom. The van der Waals surface area contributed by atoms with Crippen LogP contribution in [0, 0.1) is 0 Å². The molecular formula is C17H17ClN2O3. The van der Waals surface area contributed by atoms with Crippen LogP contribution < -0.4 is 4.90 Å². The van der Waals surface area contributed by atoms with Gasteiger partial charge in [0.15, 0.2) is 0 Å². The number of carbonyl (C=O) groups is 2. The van der Waals surface area contributed by atoms with Crippen LogP contribution in [0.1, 0.15) is 23.7 Å². The highest BCUT2D eigenvalue weighted by atomic mass is 35.5. The molecule has 1 heterocycles. The molecule has 1 atom stereocenters. The summed E-state index contributed by atoms with van der Waals surface area (Å²) in [7, 11) is 1.31. The number of rotatable bonds is 5. The molecule has 0 unspecified atom stereocenters. The maximum Gasteiger partial charge on any atom is 0.328 e. The van der Waals surface area contributed by atoms with Gasteiger partial charge in [-0.2, -0.15) is 0 Å². The first-order valence-corrected chi connectivity index (χ1v) is 7.54. The fourth-order valence-electron chi connectivity index (χ4n) is 2.29. The Labute approximate surface area is 139 Å². The monoisotopic (exact) mass is 332 g/mol. The molecule has 5 nitrogen and oxygen atoms in total. The van der Waals surface area contributed by atoms with Crippen molar-refractivity contribution in [1.82, 2.24) is 4.98 Å². The van der Waals surface area contributed by atoms with E-state index in [4.69, 9.17) is 16.3 Å². The fourth-order valence-corrected chi connectivity index (χ4v) is 2.47. The zero-order valence-corrected chi connectivity index (χ0v) is 13.7. The Morgan fingerprint density at radius 3 is 2.52 bits per heavy atom. The molecule has 2 aromatic rings. The van der Waals surface area contributed by atoms with Crippen molar-refractivity contribution in [1.29, 1.82) is 0 Å². The smallest absolute Gasteiger partial charge is 0.328 e. The number of nitrogens with zero attached hydrogens (tertiary/aromatic N) is 2. The molecule has 0 fully saturated rings. The van der Waals surface area contributed by atoms with Crippen molar-refractivity contribution in [2.45, 2.75) is 19.4 Å². The summed E-state index contributed by atoms with van der Waals surface area (Å²) < 4.78 is 4.84. The number of esters is 1. The Bertz CT molecular complexity index is 691. The summed E-state index contributed by atoms with van der Waals surface area (Å²) in [5.74, 6) is -0.803. The van der Waals surface area contributed by atoms with Gasteiger partial charge in [0.05, 0.1) is 7.11 Å². The van der Waals surface area contributed by atoms with Crippen molar-refractivity contribution in [2.75, 3.05) is 12.0 Å². The van der Waals surface area contributed by atoms with Crippen LogP contribution in [0.2, 0.25) is 5.15 Å². The summed E-state index contributed by atoms with van der Waals surface area (Å²) in [6.45, 7) is 1.82. The van der Waals surface area contributed by atoms with Crippen molar-refractivity contribution in [3.8, 4) is 0 Å². The Balaban J connectivity index is 2.49. The number of ether oxygens (including phenoxy) is 1. The van der Waals surface area contributed by atoms with Crippen molar-refractivity contribution >= 4 is 29.2 Å². The van der Waals surface area contributed by atoms with E-state index in [2.05, 4.69) is 4.98 Å². The van der Waals surface area contributed by atoms with Gasteiger partial charge in [0.2, 0.25) is 0 Å². The molecule has 0 saturated heterocycles. The van der Waals surface area contributed by atoms with Gasteiger partial charge in [0.25, 0.3) is 5.91 Å². The zero-order chi connectivity index (χ0) is 16.8. The highest BCUT2D eigenvalue weighted by molar-refractivity contribution is 6.29. The molecule has 1 amide bonds. The van der Waals surface area contributed by atoms with Crippen molar-refractivity contribution in [2.24, 2.45) is 0 Å². The number of hydrogen-bond donors (Lipinski definition) is 0. The van der Waals surface area contributed by atoms with E-state index in [1.807, 2.05) is 13.0 Å². The maximum atomic E-state index is 12.9. The summed E-state index contributed by atoms with van der Waals surface area (Å²) >= 11 is 5.87. The highest BCUT2D eigenvalue weighted by Crippen LogP contribution is 2.23. The minimum atomic E-state index is -0.721. The second kappa shape index (κ2) is 7.74. The molecular weight excluding hydrogens is 316 g/mol. The predicted molar refractivity (Wildman–Crippen MR) is 88.6 cm³/mol. The van der Waals surface area contributed by atoms with Crippen LogP contribution in [0.5, 0.6) is 0 Å². The molecule has 0 aliphatic heterocycles. The normalized spacial score (nSPS) is 11.6. The number of amides is 1. The summed E-state index contributed by atoms with van der Waals surface area (Å²) in [6, 6.07) is 11.3. The average molecular weight is 333 g/mol. The first kappa shape index (κ1) is 17.0. The lowest BCUT2D eigenvalue weighted by Gasteiger charge is -2.29. The topological polar surface area (TPSA) is 59.5 Å². The minimum Gasteiger partial charge on any atom is -0.467 e. The summed E-state index contributed by atoms with van der Waals surface area (Å²) in [5.41, 5.74) is 0.971. The SMILES string of the molecule is CC[C@@H](C(=O)OC)N(C(=O)c1ccnc(Cl)c1)c1ccccc1. The molecule has 2 rings (SSSR count). The van der Waals surface area contributed by atoms with E-state index in [1.54, 1.807) is 30.3 Å². The maximum absolute atomic E-state index is 12.9. The number of aromatic nitrogens is 1. The van der Waals surface area contributed by atoms with Crippen molar-refractivity contribution < 1.29 is 14.3 Å². The Kier molecular flexibility index (Phi) is 5.71. The fraction of sp³-hybridized carbons (Fsp3) is 0.235. The van der Waals surface area contributed by atoms with Gasteiger partial charge in [-0.25, -0.2) is 9.78 Å². The number of anilines is 1.